The van der Waals surface area contributed by atoms with E-state index in [2.05, 4.69) is 43.7 Å². The van der Waals surface area contributed by atoms with Crippen LogP contribution in [0.2, 0.25) is 0 Å². The molecule has 8 heteroatoms. The number of hydrogen-bond acceptors (Lipinski definition) is 6. The van der Waals surface area contributed by atoms with E-state index in [1.807, 2.05) is 24.3 Å². The van der Waals surface area contributed by atoms with Crippen molar-refractivity contribution in [3.8, 4) is 0 Å². The van der Waals surface area contributed by atoms with Crippen molar-refractivity contribution < 1.29 is 4.79 Å². The van der Waals surface area contributed by atoms with E-state index in [0.29, 0.717) is 5.75 Å². The van der Waals surface area contributed by atoms with E-state index in [9.17, 15) is 4.79 Å². The zero-order valence-corrected chi connectivity index (χ0v) is 15.5. The van der Waals surface area contributed by atoms with Crippen LogP contribution in [0.15, 0.2) is 33.1 Å². The van der Waals surface area contributed by atoms with Crippen LogP contribution in [0.1, 0.15) is 24.9 Å². The number of nitrogens with one attached hydrogen (secondary N) is 2. The zero-order chi connectivity index (χ0) is 15.9. The molecule has 0 aliphatic heterocycles. The summed E-state index contributed by atoms with van der Waals surface area (Å²) >= 11 is 6.26. The Morgan fingerprint density at radius 1 is 1.36 bits per heavy atom. The van der Waals surface area contributed by atoms with Gasteiger partial charge in [-0.3, -0.25) is 4.79 Å². The fourth-order valence-corrected chi connectivity index (χ4v) is 3.63. The van der Waals surface area contributed by atoms with E-state index in [4.69, 9.17) is 0 Å². The molecule has 0 radical (unpaired) electrons. The number of carbonyl (C=O) groups excluding carboxylic acids is 1. The molecule has 118 valence electrons. The van der Waals surface area contributed by atoms with Crippen LogP contribution in [-0.2, 0) is 4.79 Å². The van der Waals surface area contributed by atoms with Gasteiger partial charge in [0.15, 0.2) is 4.34 Å². The lowest BCUT2D eigenvalue weighted by Crippen LogP contribution is -2.29. The van der Waals surface area contributed by atoms with Crippen molar-refractivity contribution >= 4 is 50.1 Å². The average Bonchev–Trinajstić information content (AvgIpc) is 2.99. The maximum atomic E-state index is 12.1. The second kappa shape index (κ2) is 8.50. The van der Waals surface area contributed by atoms with Gasteiger partial charge in [0.25, 0.3) is 0 Å². The van der Waals surface area contributed by atoms with Gasteiger partial charge in [-0.2, -0.15) is 0 Å². The summed E-state index contributed by atoms with van der Waals surface area (Å²) in [6.07, 6.45) is 0.848. The summed E-state index contributed by atoms with van der Waals surface area (Å²) in [7, 11) is 1.80. The third kappa shape index (κ3) is 4.96. The average molecular weight is 401 g/mol. The first-order valence-electron chi connectivity index (χ1n) is 6.81. The molecule has 0 saturated heterocycles. The highest BCUT2D eigenvalue weighted by Crippen LogP contribution is 2.25. The molecule has 5 nitrogen and oxygen atoms in total. The molecule has 1 aromatic heterocycles. The third-order valence-corrected chi connectivity index (χ3v) is 5.57. The lowest BCUT2D eigenvalue weighted by molar-refractivity contribution is -0.119. The molecule has 2 rings (SSSR count). The Kier molecular flexibility index (Phi) is 6.66. The molecule has 22 heavy (non-hydrogen) atoms. The molecule has 0 spiro atoms. The molecule has 1 heterocycles. The van der Waals surface area contributed by atoms with Crippen molar-refractivity contribution in [1.29, 1.82) is 0 Å². The quantitative estimate of drug-likeness (QED) is 0.693. The topological polar surface area (TPSA) is 66.9 Å². The first kappa shape index (κ1) is 17.2. The van der Waals surface area contributed by atoms with Crippen molar-refractivity contribution in [1.82, 2.24) is 15.5 Å². The second-order valence-corrected chi connectivity index (χ2v) is 7.61. The third-order valence-electron chi connectivity index (χ3n) is 2.96. The molecule has 0 aliphatic rings. The highest BCUT2D eigenvalue weighted by atomic mass is 79.9. The molecule has 0 saturated carbocycles. The minimum absolute atomic E-state index is 0.000904. The SMILES string of the molecule is CC[C@@H](NC(=O)CSc1nnc(NC)s1)c1ccc(Br)cc1. The van der Waals surface area contributed by atoms with E-state index in [0.717, 1.165) is 25.9 Å². The van der Waals surface area contributed by atoms with Gasteiger partial charge < -0.3 is 10.6 Å². The van der Waals surface area contributed by atoms with Crippen LogP contribution in [0.5, 0.6) is 0 Å². The first-order valence-corrected chi connectivity index (χ1v) is 9.40. The van der Waals surface area contributed by atoms with Crippen molar-refractivity contribution in [2.45, 2.75) is 23.7 Å². The zero-order valence-electron chi connectivity index (χ0n) is 12.3. The van der Waals surface area contributed by atoms with Gasteiger partial charge in [-0.15, -0.1) is 10.2 Å². The number of thioether (sulfide) groups is 1. The number of hydrogen-bond donors (Lipinski definition) is 2. The standard InChI is InChI=1S/C14H17BrN4OS2/c1-3-11(9-4-6-10(15)7-5-9)17-12(20)8-21-14-19-18-13(16-2)22-14/h4-7,11H,3,8H2,1-2H3,(H,16,18)(H,17,20)/t11-/m1/s1. The smallest absolute Gasteiger partial charge is 0.230 e. The van der Waals surface area contributed by atoms with E-state index in [1.165, 1.54) is 23.1 Å². The van der Waals surface area contributed by atoms with Crippen LogP contribution >= 0.6 is 39.0 Å². The molecule has 1 amide bonds. The predicted octanol–water partition coefficient (Wildman–Crippen LogP) is 3.70. The van der Waals surface area contributed by atoms with Gasteiger partial charge in [0, 0.05) is 11.5 Å². The molecular weight excluding hydrogens is 384 g/mol. The summed E-state index contributed by atoms with van der Waals surface area (Å²) in [4.78, 5) is 12.1. The Balaban J connectivity index is 1.87. The maximum Gasteiger partial charge on any atom is 0.230 e. The fourth-order valence-electron chi connectivity index (χ4n) is 1.85. The molecule has 0 fully saturated rings. The predicted molar refractivity (Wildman–Crippen MR) is 95.5 cm³/mol. The Labute approximate surface area is 146 Å². The van der Waals surface area contributed by atoms with Crippen LogP contribution < -0.4 is 10.6 Å². The van der Waals surface area contributed by atoms with Crippen LogP contribution in [0.3, 0.4) is 0 Å². The highest BCUT2D eigenvalue weighted by molar-refractivity contribution is 9.10. The van der Waals surface area contributed by atoms with Gasteiger partial charge in [0.2, 0.25) is 11.0 Å². The molecule has 0 unspecified atom stereocenters. The van der Waals surface area contributed by atoms with Gasteiger partial charge >= 0.3 is 0 Å². The molecule has 0 aliphatic carbocycles. The molecule has 1 atom stereocenters. The lowest BCUT2D eigenvalue weighted by atomic mass is 10.0. The van der Waals surface area contributed by atoms with Gasteiger partial charge in [0.1, 0.15) is 0 Å². The van der Waals surface area contributed by atoms with E-state index in [-0.39, 0.29) is 11.9 Å². The molecule has 1 aromatic carbocycles. The Morgan fingerprint density at radius 3 is 2.68 bits per heavy atom. The molecule has 0 bridgehead atoms. The summed E-state index contributed by atoms with van der Waals surface area (Å²) in [5.41, 5.74) is 1.11. The summed E-state index contributed by atoms with van der Waals surface area (Å²) < 4.78 is 1.82. The molecule has 2 N–H and O–H groups in total. The van der Waals surface area contributed by atoms with Gasteiger partial charge in [0.05, 0.1) is 11.8 Å². The molecular formula is C14H17BrN4OS2. The minimum atomic E-state index is 0.000904. The van der Waals surface area contributed by atoms with Crippen LogP contribution in [0, 0.1) is 0 Å². The normalized spacial score (nSPS) is 12.0. The second-order valence-electron chi connectivity index (χ2n) is 4.49. The summed E-state index contributed by atoms with van der Waals surface area (Å²) in [6.45, 7) is 2.06. The number of nitrogens with zero attached hydrogens (tertiary/aromatic N) is 2. The van der Waals surface area contributed by atoms with Crippen LogP contribution in [-0.4, -0.2) is 28.9 Å². The highest BCUT2D eigenvalue weighted by Gasteiger charge is 2.14. The Hall–Kier alpha value is -1.12. The number of anilines is 1. The number of benzene rings is 1. The van der Waals surface area contributed by atoms with Crippen molar-refractivity contribution in [3.05, 3.63) is 34.3 Å². The van der Waals surface area contributed by atoms with Gasteiger partial charge in [-0.05, 0) is 24.1 Å². The lowest BCUT2D eigenvalue weighted by Gasteiger charge is -2.17. The van der Waals surface area contributed by atoms with E-state index in [1.54, 1.807) is 7.05 Å². The Morgan fingerprint density at radius 2 is 2.09 bits per heavy atom. The van der Waals surface area contributed by atoms with Crippen molar-refractivity contribution in [2.24, 2.45) is 0 Å². The molecule has 2 aromatic rings. The van der Waals surface area contributed by atoms with Gasteiger partial charge in [-0.25, -0.2) is 0 Å². The van der Waals surface area contributed by atoms with Gasteiger partial charge in [-0.1, -0.05) is 58.1 Å². The van der Waals surface area contributed by atoms with Crippen molar-refractivity contribution in [2.75, 3.05) is 18.1 Å². The largest absolute Gasteiger partial charge is 0.363 e. The monoisotopic (exact) mass is 400 g/mol. The minimum Gasteiger partial charge on any atom is -0.363 e. The van der Waals surface area contributed by atoms with Crippen LogP contribution in [0.4, 0.5) is 5.13 Å². The first-order chi connectivity index (χ1) is 10.6. The Bertz CT molecular complexity index is 618. The number of amides is 1. The van der Waals surface area contributed by atoms with E-state index >= 15 is 0 Å². The fraction of sp³-hybridized carbons (Fsp3) is 0.357. The van der Waals surface area contributed by atoms with Crippen molar-refractivity contribution in [3.63, 3.8) is 0 Å². The summed E-state index contributed by atoms with van der Waals surface area (Å²) in [6, 6.07) is 8.05. The number of carbonyl (C=O) groups is 1. The summed E-state index contributed by atoms with van der Waals surface area (Å²) in [5, 5.41) is 14.7. The van der Waals surface area contributed by atoms with Crippen LogP contribution in [0.25, 0.3) is 0 Å². The number of aromatic nitrogens is 2. The summed E-state index contributed by atoms with van der Waals surface area (Å²) in [5.74, 6) is 0.340. The number of rotatable bonds is 7. The maximum absolute atomic E-state index is 12.1. The van der Waals surface area contributed by atoms with E-state index < -0.39 is 0 Å². The number of halogens is 1.